The third-order valence-electron chi connectivity index (χ3n) is 3.73. The van der Waals surface area contributed by atoms with Crippen LogP contribution < -0.4 is 4.74 Å². The van der Waals surface area contributed by atoms with Crippen LogP contribution in [-0.2, 0) is 19.1 Å². The second-order valence-electron chi connectivity index (χ2n) is 5.93. The van der Waals surface area contributed by atoms with Crippen LogP contribution in [0.5, 0.6) is 11.5 Å². The van der Waals surface area contributed by atoms with E-state index >= 15 is 0 Å². The highest BCUT2D eigenvalue weighted by Crippen LogP contribution is 2.26. The molecule has 25 heavy (non-hydrogen) atoms. The van der Waals surface area contributed by atoms with Gasteiger partial charge in [0.05, 0.1) is 19.3 Å². The lowest BCUT2D eigenvalue weighted by Gasteiger charge is -2.35. The van der Waals surface area contributed by atoms with Gasteiger partial charge in [0.15, 0.2) is 18.1 Å². The summed E-state index contributed by atoms with van der Waals surface area (Å²) >= 11 is 0. The van der Waals surface area contributed by atoms with E-state index in [2.05, 4.69) is 0 Å². The van der Waals surface area contributed by atoms with Crippen LogP contribution in [0.3, 0.4) is 0 Å². The van der Waals surface area contributed by atoms with Gasteiger partial charge >= 0.3 is 5.97 Å². The average molecular weight is 349 g/mol. The van der Waals surface area contributed by atoms with Crippen LogP contribution in [0.2, 0.25) is 0 Å². The molecule has 136 valence electrons. The number of methoxy groups -OCH3 is 1. The number of carbonyl (C=O) groups excluding carboxylic acids is 2. The SMILES string of the molecule is COc1cc(/C=C/C(=O)OCC(=O)N2C[C@@H](C)O[C@@H](C)C2)ccc1O. The minimum absolute atomic E-state index is 0.0155. The third kappa shape index (κ3) is 5.49. The van der Waals surface area contributed by atoms with Gasteiger partial charge < -0.3 is 24.2 Å². The summed E-state index contributed by atoms with van der Waals surface area (Å²) in [5.74, 6) is -0.534. The van der Waals surface area contributed by atoms with Crippen molar-refractivity contribution >= 4 is 18.0 Å². The number of nitrogens with zero attached hydrogens (tertiary/aromatic N) is 1. The van der Waals surface area contributed by atoms with Gasteiger partial charge in [-0.1, -0.05) is 6.07 Å². The van der Waals surface area contributed by atoms with Crippen molar-refractivity contribution < 1.29 is 28.9 Å². The average Bonchev–Trinajstić information content (AvgIpc) is 2.58. The fourth-order valence-corrected chi connectivity index (χ4v) is 2.62. The standard InChI is InChI=1S/C18H23NO6/c1-12-9-19(10-13(2)25-12)17(21)11-24-18(22)7-5-14-4-6-15(20)16(8-14)23-3/h4-8,12-13,20H,9-11H2,1-3H3/b7-5+/t12-,13+. The number of esters is 1. The highest BCUT2D eigenvalue weighted by Gasteiger charge is 2.26. The summed E-state index contributed by atoms with van der Waals surface area (Å²) in [6.07, 6.45) is 2.68. The molecule has 2 atom stereocenters. The predicted molar refractivity (Wildman–Crippen MR) is 91.2 cm³/mol. The molecule has 0 unspecified atom stereocenters. The van der Waals surface area contributed by atoms with E-state index in [4.69, 9.17) is 14.2 Å². The molecule has 1 aliphatic rings. The molecule has 0 radical (unpaired) electrons. The fourth-order valence-electron chi connectivity index (χ4n) is 2.62. The number of hydrogen-bond acceptors (Lipinski definition) is 6. The van der Waals surface area contributed by atoms with Crippen LogP contribution in [0.4, 0.5) is 0 Å². The van der Waals surface area contributed by atoms with Gasteiger partial charge in [0.1, 0.15) is 0 Å². The fraction of sp³-hybridized carbons (Fsp3) is 0.444. The molecular formula is C18H23NO6. The van der Waals surface area contributed by atoms with Crippen LogP contribution in [0.15, 0.2) is 24.3 Å². The first kappa shape index (κ1) is 18.8. The van der Waals surface area contributed by atoms with E-state index in [1.54, 1.807) is 17.0 Å². The molecule has 0 aliphatic carbocycles. The zero-order valence-electron chi connectivity index (χ0n) is 14.6. The Bertz CT molecular complexity index is 647. The van der Waals surface area contributed by atoms with Crippen molar-refractivity contribution in [1.29, 1.82) is 0 Å². The Kier molecular flexibility index (Phi) is 6.41. The molecule has 1 aromatic rings. The predicted octanol–water partition coefficient (Wildman–Crippen LogP) is 1.59. The van der Waals surface area contributed by atoms with Crippen molar-refractivity contribution in [3.05, 3.63) is 29.8 Å². The molecule has 0 aromatic heterocycles. The number of carbonyl (C=O) groups is 2. The molecule has 1 fully saturated rings. The number of benzene rings is 1. The molecule has 1 N–H and O–H groups in total. The van der Waals surface area contributed by atoms with E-state index in [1.807, 2.05) is 13.8 Å². The first-order valence-corrected chi connectivity index (χ1v) is 8.04. The molecule has 1 aliphatic heterocycles. The van der Waals surface area contributed by atoms with Crippen LogP contribution in [0.25, 0.3) is 6.08 Å². The highest BCUT2D eigenvalue weighted by atomic mass is 16.5. The summed E-state index contributed by atoms with van der Waals surface area (Å²) in [6, 6.07) is 4.68. The zero-order valence-corrected chi connectivity index (χ0v) is 14.6. The Labute approximate surface area is 146 Å². The Balaban J connectivity index is 1.85. The molecular weight excluding hydrogens is 326 g/mol. The van der Waals surface area contributed by atoms with Crippen molar-refractivity contribution in [3.63, 3.8) is 0 Å². The van der Waals surface area contributed by atoms with Gasteiger partial charge in [-0.2, -0.15) is 0 Å². The molecule has 7 nitrogen and oxygen atoms in total. The number of morpholine rings is 1. The summed E-state index contributed by atoms with van der Waals surface area (Å²) in [5.41, 5.74) is 0.661. The van der Waals surface area contributed by atoms with Gasteiger partial charge in [-0.3, -0.25) is 4.79 Å². The van der Waals surface area contributed by atoms with E-state index in [0.29, 0.717) is 24.4 Å². The molecule has 2 rings (SSSR count). The summed E-state index contributed by atoms with van der Waals surface area (Å²) in [6.45, 7) is 4.47. The first-order valence-electron chi connectivity index (χ1n) is 8.04. The second-order valence-corrected chi connectivity index (χ2v) is 5.93. The quantitative estimate of drug-likeness (QED) is 0.642. The molecule has 7 heteroatoms. The van der Waals surface area contributed by atoms with Gasteiger partial charge in [-0.05, 0) is 37.6 Å². The molecule has 1 amide bonds. The number of hydrogen-bond donors (Lipinski definition) is 1. The normalized spacial score (nSPS) is 20.5. The maximum Gasteiger partial charge on any atom is 0.331 e. The first-order chi connectivity index (χ1) is 11.9. The zero-order chi connectivity index (χ0) is 18.4. The van der Waals surface area contributed by atoms with Gasteiger partial charge in [-0.15, -0.1) is 0 Å². The summed E-state index contributed by atoms with van der Waals surface area (Å²) in [5, 5.41) is 9.53. The highest BCUT2D eigenvalue weighted by molar-refractivity contribution is 5.89. The van der Waals surface area contributed by atoms with Crippen molar-refractivity contribution in [2.24, 2.45) is 0 Å². The Hall–Kier alpha value is -2.54. The van der Waals surface area contributed by atoms with E-state index in [1.165, 1.54) is 25.3 Å². The van der Waals surface area contributed by atoms with Crippen LogP contribution in [0, 0.1) is 0 Å². The van der Waals surface area contributed by atoms with E-state index in [9.17, 15) is 14.7 Å². The monoisotopic (exact) mass is 349 g/mol. The van der Waals surface area contributed by atoms with Crippen LogP contribution >= 0.6 is 0 Å². The van der Waals surface area contributed by atoms with Crippen LogP contribution in [-0.4, -0.2) is 60.9 Å². The number of phenolic OH excluding ortho intramolecular Hbond substituents is 1. The van der Waals surface area contributed by atoms with E-state index in [0.717, 1.165) is 0 Å². The maximum atomic E-state index is 12.1. The number of amides is 1. The lowest BCUT2D eigenvalue weighted by molar-refractivity contribution is -0.154. The summed E-state index contributed by atoms with van der Waals surface area (Å²) < 4.78 is 15.6. The lowest BCUT2D eigenvalue weighted by Crippen LogP contribution is -2.49. The third-order valence-corrected chi connectivity index (χ3v) is 3.73. The topological polar surface area (TPSA) is 85.3 Å². The summed E-state index contributed by atoms with van der Waals surface area (Å²) in [7, 11) is 1.44. The molecule has 0 saturated carbocycles. The second kappa shape index (κ2) is 8.53. The number of aromatic hydroxyl groups is 1. The van der Waals surface area contributed by atoms with Crippen molar-refractivity contribution in [3.8, 4) is 11.5 Å². The van der Waals surface area contributed by atoms with Gasteiger partial charge in [0.2, 0.25) is 0 Å². The minimum Gasteiger partial charge on any atom is -0.504 e. The molecule has 1 heterocycles. The summed E-state index contributed by atoms with van der Waals surface area (Å²) in [4.78, 5) is 25.5. The largest absolute Gasteiger partial charge is 0.504 e. The van der Waals surface area contributed by atoms with Crippen molar-refractivity contribution in [2.45, 2.75) is 26.1 Å². The molecule has 1 saturated heterocycles. The van der Waals surface area contributed by atoms with Gasteiger partial charge in [0, 0.05) is 19.2 Å². The Morgan fingerprint density at radius 2 is 2.00 bits per heavy atom. The van der Waals surface area contributed by atoms with E-state index < -0.39 is 5.97 Å². The minimum atomic E-state index is -0.616. The Morgan fingerprint density at radius 1 is 1.32 bits per heavy atom. The van der Waals surface area contributed by atoms with Gasteiger partial charge in [0.25, 0.3) is 5.91 Å². The van der Waals surface area contributed by atoms with Gasteiger partial charge in [-0.25, -0.2) is 4.79 Å². The number of ether oxygens (including phenoxy) is 3. The number of phenols is 1. The van der Waals surface area contributed by atoms with Crippen molar-refractivity contribution in [1.82, 2.24) is 4.90 Å². The number of rotatable bonds is 5. The van der Waals surface area contributed by atoms with Crippen molar-refractivity contribution in [2.75, 3.05) is 26.8 Å². The van der Waals surface area contributed by atoms with E-state index in [-0.39, 0.29) is 30.5 Å². The molecule has 0 spiro atoms. The Morgan fingerprint density at radius 3 is 2.64 bits per heavy atom. The maximum absolute atomic E-state index is 12.1. The molecule has 1 aromatic carbocycles. The molecule has 0 bridgehead atoms. The smallest absolute Gasteiger partial charge is 0.331 e. The van der Waals surface area contributed by atoms with Crippen LogP contribution in [0.1, 0.15) is 19.4 Å². The lowest BCUT2D eigenvalue weighted by atomic mass is 10.2.